The van der Waals surface area contributed by atoms with E-state index in [0.29, 0.717) is 0 Å². The van der Waals surface area contributed by atoms with E-state index in [4.69, 9.17) is 0 Å². The summed E-state index contributed by atoms with van der Waals surface area (Å²) in [6.45, 7) is 6.08. The molecule has 0 bridgehead atoms. The number of rotatable bonds is 0. The summed E-state index contributed by atoms with van der Waals surface area (Å²) in [5.41, 5.74) is 1.32. The Morgan fingerprint density at radius 3 is 1.55 bits per heavy atom. The van der Waals surface area contributed by atoms with Gasteiger partial charge in [0.05, 0.1) is 0 Å². The van der Waals surface area contributed by atoms with Gasteiger partial charge in [-0.15, -0.1) is 0 Å². The Morgan fingerprint density at radius 1 is 1.00 bits per heavy atom. The minimum absolute atomic E-state index is 0. The standard InChI is InChI=1S/C7H8.C3H7.Na/c1-7-5-3-2-4-6-7;1-3-2;/h2-6H,1H3;3H,1-2H3;/q;-1;+1. The molecule has 0 radical (unpaired) electrons. The van der Waals surface area contributed by atoms with Crippen LogP contribution in [0.3, 0.4) is 0 Å². The molecule has 0 nitrogen and oxygen atoms in total. The molecule has 0 atom stereocenters. The van der Waals surface area contributed by atoms with Crippen LogP contribution >= 0.6 is 0 Å². The van der Waals surface area contributed by atoms with Gasteiger partial charge in [-0.1, -0.05) is 35.9 Å². The summed E-state index contributed by atoms with van der Waals surface area (Å²) in [6.07, 6.45) is 2.00. The van der Waals surface area contributed by atoms with Crippen molar-refractivity contribution in [1.29, 1.82) is 0 Å². The zero-order chi connectivity index (χ0) is 7.82. The van der Waals surface area contributed by atoms with Crippen LogP contribution in [-0.4, -0.2) is 0 Å². The number of hydrogen-bond acceptors (Lipinski definition) is 0. The van der Waals surface area contributed by atoms with Crippen LogP contribution in [0.5, 0.6) is 0 Å². The summed E-state index contributed by atoms with van der Waals surface area (Å²) in [5.74, 6) is 0. The van der Waals surface area contributed by atoms with E-state index < -0.39 is 0 Å². The van der Waals surface area contributed by atoms with Gasteiger partial charge in [-0.2, -0.15) is 13.8 Å². The molecule has 0 saturated carbocycles. The predicted octanol–water partition coefficient (Wildman–Crippen LogP) is 0.230. The van der Waals surface area contributed by atoms with Crippen LogP contribution in [0.1, 0.15) is 19.4 Å². The molecule has 0 fully saturated rings. The van der Waals surface area contributed by atoms with E-state index in [-0.39, 0.29) is 29.6 Å². The van der Waals surface area contributed by atoms with Gasteiger partial charge in [-0.25, -0.2) is 0 Å². The molecule has 0 amide bonds. The van der Waals surface area contributed by atoms with Gasteiger partial charge in [0.2, 0.25) is 0 Å². The third-order valence-corrected chi connectivity index (χ3v) is 0.940. The largest absolute Gasteiger partial charge is 1.00 e. The van der Waals surface area contributed by atoms with E-state index in [0.717, 1.165) is 0 Å². The van der Waals surface area contributed by atoms with Crippen molar-refractivity contribution in [2.75, 3.05) is 0 Å². The summed E-state index contributed by atoms with van der Waals surface area (Å²) in [7, 11) is 0. The molecule has 1 heteroatoms. The Labute approximate surface area is 92.3 Å². The summed E-state index contributed by atoms with van der Waals surface area (Å²) >= 11 is 0. The van der Waals surface area contributed by atoms with Gasteiger partial charge >= 0.3 is 29.6 Å². The molecular weight excluding hydrogens is 143 g/mol. The minimum atomic E-state index is 0. The molecule has 0 heterocycles. The summed E-state index contributed by atoms with van der Waals surface area (Å²) in [4.78, 5) is 0. The van der Waals surface area contributed by atoms with E-state index in [1.165, 1.54) is 5.56 Å². The van der Waals surface area contributed by atoms with Crippen molar-refractivity contribution in [3.8, 4) is 0 Å². The van der Waals surface area contributed by atoms with E-state index in [2.05, 4.69) is 19.1 Å². The van der Waals surface area contributed by atoms with Gasteiger partial charge in [-0.05, 0) is 6.92 Å². The second kappa shape index (κ2) is 10.2. The number of benzene rings is 1. The Hall–Kier alpha value is 0.220. The fourth-order valence-corrected chi connectivity index (χ4v) is 0.534. The SMILES string of the molecule is C[CH-]C.Cc1ccccc1.[Na+]. The van der Waals surface area contributed by atoms with Crippen LogP contribution in [0.2, 0.25) is 0 Å². The molecular formula is C10H15Na. The van der Waals surface area contributed by atoms with Gasteiger partial charge < -0.3 is 6.42 Å². The predicted molar refractivity (Wildman–Crippen MR) is 46.8 cm³/mol. The normalized spacial score (nSPS) is 7.18. The fourth-order valence-electron chi connectivity index (χ4n) is 0.534. The first-order valence-corrected chi connectivity index (χ1v) is 3.57. The molecule has 56 valence electrons. The monoisotopic (exact) mass is 158 g/mol. The molecule has 0 spiro atoms. The third kappa shape index (κ3) is 10.2. The van der Waals surface area contributed by atoms with Crippen LogP contribution in [0, 0.1) is 13.3 Å². The van der Waals surface area contributed by atoms with Crippen molar-refractivity contribution in [2.24, 2.45) is 0 Å². The van der Waals surface area contributed by atoms with Crippen molar-refractivity contribution < 1.29 is 29.6 Å². The van der Waals surface area contributed by atoms with Crippen molar-refractivity contribution in [3.63, 3.8) is 0 Å². The van der Waals surface area contributed by atoms with Gasteiger partial charge in [0, 0.05) is 0 Å². The first-order valence-electron chi connectivity index (χ1n) is 3.57. The molecule has 1 aromatic rings. The van der Waals surface area contributed by atoms with Crippen LogP contribution in [-0.2, 0) is 0 Å². The molecule has 0 aliphatic carbocycles. The van der Waals surface area contributed by atoms with Crippen molar-refractivity contribution >= 4 is 0 Å². The smallest absolute Gasteiger partial charge is 0.335 e. The molecule has 11 heavy (non-hydrogen) atoms. The summed E-state index contributed by atoms with van der Waals surface area (Å²) < 4.78 is 0. The maximum atomic E-state index is 2.08. The van der Waals surface area contributed by atoms with E-state index in [1.807, 2.05) is 38.5 Å². The molecule has 0 aromatic heterocycles. The molecule has 1 aromatic carbocycles. The molecule has 0 unspecified atom stereocenters. The second-order valence-corrected chi connectivity index (χ2v) is 2.23. The zero-order valence-corrected chi connectivity index (χ0v) is 9.96. The number of aryl methyl sites for hydroxylation is 1. The molecule has 0 N–H and O–H groups in total. The molecule has 1 rings (SSSR count). The summed E-state index contributed by atoms with van der Waals surface area (Å²) in [6, 6.07) is 10.3. The van der Waals surface area contributed by atoms with E-state index in [9.17, 15) is 0 Å². The van der Waals surface area contributed by atoms with Crippen LogP contribution in [0.4, 0.5) is 0 Å². The first-order chi connectivity index (χ1) is 4.81. The second-order valence-electron chi connectivity index (χ2n) is 2.23. The van der Waals surface area contributed by atoms with Crippen molar-refractivity contribution in [3.05, 3.63) is 42.3 Å². The van der Waals surface area contributed by atoms with E-state index in [1.54, 1.807) is 0 Å². The van der Waals surface area contributed by atoms with E-state index >= 15 is 0 Å². The Kier molecular flexibility index (Phi) is 12.8. The molecule has 0 saturated heterocycles. The summed E-state index contributed by atoms with van der Waals surface area (Å²) in [5, 5.41) is 0. The molecule has 0 aliphatic rings. The zero-order valence-electron chi connectivity index (χ0n) is 7.96. The van der Waals surface area contributed by atoms with Crippen molar-refractivity contribution in [2.45, 2.75) is 20.8 Å². The maximum Gasteiger partial charge on any atom is 1.00 e. The fraction of sp³-hybridized carbons (Fsp3) is 0.300. The third-order valence-electron chi connectivity index (χ3n) is 0.940. The molecule has 0 aliphatic heterocycles. The Morgan fingerprint density at radius 2 is 1.36 bits per heavy atom. The van der Waals surface area contributed by atoms with Crippen molar-refractivity contribution in [1.82, 2.24) is 0 Å². The Bertz CT molecular complexity index is 146. The van der Waals surface area contributed by atoms with Crippen LogP contribution in [0.25, 0.3) is 0 Å². The van der Waals surface area contributed by atoms with Crippen LogP contribution < -0.4 is 29.6 Å². The average Bonchev–Trinajstić information content (AvgIpc) is 1.91. The van der Waals surface area contributed by atoms with Gasteiger partial charge in [-0.3, -0.25) is 0 Å². The Balaban J connectivity index is 0. The minimum Gasteiger partial charge on any atom is -0.335 e. The van der Waals surface area contributed by atoms with Gasteiger partial charge in [0.25, 0.3) is 0 Å². The van der Waals surface area contributed by atoms with Gasteiger partial charge in [0.1, 0.15) is 0 Å². The first kappa shape index (κ1) is 13.8. The quantitative estimate of drug-likeness (QED) is 0.374. The van der Waals surface area contributed by atoms with Gasteiger partial charge in [0.15, 0.2) is 0 Å². The number of hydrogen-bond donors (Lipinski definition) is 0. The van der Waals surface area contributed by atoms with Crippen LogP contribution in [0.15, 0.2) is 30.3 Å². The maximum absolute atomic E-state index is 2.08. The topological polar surface area (TPSA) is 0 Å². The average molecular weight is 158 g/mol.